The molecule has 4 rings (SSSR count). The lowest BCUT2D eigenvalue weighted by atomic mass is 9.87. The van der Waals surface area contributed by atoms with Gasteiger partial charge in [-0.1, -0.05) is 32.0 Å². The topological polar surface area (TPSA) is 67.9 Å². The molecule has 3 atom stereocenters. The Morgan fingerprint density at radius 1 is 1.20 bits per heavy atom. The van der Waals surface area contributed by atoms with Crippen LogP contribution in [0.1, 0.15) is 62.8 Å². The van der Waals surface area contributed by atoms with Gasteiger partial charge < -0.3 is 19.7 Å². The molecule has 0 bridgehead atoms. The van der Waals surface area contributed by atoms with Gasteiger partial charge in [0.15, 0.2) is 6.10 Å². The van der Waals surface area contributed by atoms with E-state index in [9.17, 15) is 14.0 Å². The van der Waals surface area contributed by atoms with E-state index in [1.807, 2.05) is 43.0 Å². The summed E-state index contributed by atoms with van der Waals surface area (Å²) in [4.78, 5) is 27.6. The van der Waals surface area contributed by atoms with Crippen molar-refractivity contribution < 1.29 is 23.5 Å². The van der Waals surface area contributed by atoms with Gasteiger partial charge in [0, 0.05) is 26.1 Å². The predicted molar refractivity (Wildman–Crippen MR) is 132 cm³/mol. The van der Waals surface area contributed by atoms with E-state index in [0.717, 1.165) is 36.1 Å². The van der Waals surface area contributed by atoms with E-state index in [0.29, 0.717) is 31.7 Å². The first-order valence-corrected chi connectivity index (χ1v) is 12.6. The van der Waals surface area contributed by atoms with Crippen LogP contribution < -0.4 is 10.1 Å². The van der Waals surface area contributed by atoms with Crippen LogP contribution in [-0.4, -0.2) is 48.6 Å². The Bertz CT molecular complexity index is 1050. The Hall–Kier alpha value is -2.93. The SMILES string of the molecule is CC(C)CC(=O)N1CCc2ccc(O[C@H](C)C(=O)NC[C@H]3CCCO3)cc2[C@H]1c1cccc(F)c1. The summed E-state index contributed by atoms with van der Waals surface area (Å²) in [6.07, 6.45) is 2.49. The van der Waals surface area contributed by atoms with Crippen molar-refractivity contribution in [1.82, 2.24) is 10.2 Å². The third-order valence-electron chi connectivity index (χ3n) is 6.62. The number of nitrogens with one attached hydrogen (secondary N) is 1. The first-order chi connectivity index (χ1) is 16.8. The summed E-state index contributed by atoms with van der Waals surface area (Å²) in [5, 5.41) is 2.90. The Morgan fingerprint density at radius 2 is 2.03 bits per heavy atom. The second kappa shape index (κ2) is 11.2. The number of benzene rings is 2. The largest absolute Gasteiger partial charge is 0.481 e. The molecule has 35 heavy (non-hydrogen) atoms. The fourth-order valence-electron chi connectivity index (χ4n) is 4.86. The lowest BCUT2D eigenvalue weighted by molar-refractivity contribution is -0.134. The minimum atomic E-state index is -0.690. The number of hydrogen-bond donors (Lipinski definition) is 1. The Kier molecular flexibility index (Phi) is 8.06. The summed E-state index contributed by atoms with van der Waals surface area (Å²) in [7, 11) is 0. The number of hydrogen-bond acceptors (Lipinski definition) is 4. The maximum Gasteiger partial charge on any atom is 0.260 e. The highest BCUT2D eigenvalue weighted by Gasteiger charge is 2.33. The number of carbonyl (C=O) groups excluding carboxylic acids is 2. The first kappa shape index (κ1) is 25.2. The monoisotopic (exact) mass is 482 g/mol. The van der Waals surface area contributed by atoms with Gasteiger partial charge in [-0.25, -0.2) is 4.39 Å². The molecule has 1 N–H and O–H groups in total. The third-order valence-corrected chi connectivity index (χ3v) is 6.62. The van der Waals surface area contributed by atoms with E-state index >= 15 is 0 Å². The van der Waals surface area contributed by atoms with Crippen molar-refractivity contribution >= 4 is 11.8 Å². The molecule has 188 valence electrons. The number of amides is 2. The summed E-state index contributed by atoms with van der Waals surface area (Å²) in [5.41, 5.74) is 2.72. The van der Waals surface area contributed by atoms with E-state index < -0.39 is 12.1 Å². The van der Waals surface area contributed by atoms with Gasteiger partial charge in [0.05, 0.1) is 12.1 Å². The third kappa shape index (κ3) is 6.20. The molecule has 0 spiro atoms. The Balaban J connectivity index is 1.56. The first-order valence-electron chi connectivity index (χ1n) is 12.6. The Labute approximate surface area is 206 Å². The van der Waals surface area contributed by atoms with Crippen molar-refractivity contribution in [2.75, 3.05) is 19.7 Å². The second-order valence-electron chi connectivity index (χ2n) is 9.89. The van der Waals surface area contributed by atoms with Gasteiger partial charge in [0.1, 0.15) is 11.6 Å². The maximum absolute atomic E-state index is 14.2. The lowest BCUT2D eigenvalue weighted by Gasteiger charge is -2.38. The molecule has 2 heterocycles. The molecule has 6 nitrogen and oxygen atoms in total. The number of nitrogens with zero attached hydrogens (tertiary/aromatic N) is 1. The molecule has 2 aromatic carbocycles. The standard InChI is InChI=1S/C28H35FN2O4/c1-18(2)14-26(32)31-12-11-20-9-10-23(16-25(20)27(31)21-6-4-7-22(29)15-21)35-19(3)28(33)30-17-24-8-5-13-34-24/h4,6-7,9-10,15-16,18-19,24,27H,5,8,11-14,17H2,1-3H3,(H,30,33)/t19-,24-,27-/m1/s1. The van der Waals surface area contributed by atoms with Crippen molar-refractivity contribution in [2.24, 2.45) is 5.92 Å². The average Bonchev–Trinajstić information content (AvgIpc) is 3.35. The van der Waals surface area contributed by atoms with Crippen LogP contribution in [0.15, 0.2) is 42.5 Å². The van der Waals surface area contributed by atoms with Crippen LogP contribution in [0, 0.1) is 11.7 Å². The highest BCUT2D eigenvalue weighted by molar-refractivity contribution is 5.80. The second-order valence-corrected chi connectivity index (χ2v) is 9.89. The van der Waals surface area contributed by atoms with Gasteiger partial charge in [0.2, 0.25) is 5.91 Å². The molecule has 0 aromatic heterocycles. The fourth-order valence-corrected chi connectivity index (χ4v) is 4.86. The zero-order valence-corrected chi connectivity index (χ0v) is 20.8. The molecular weight excluding hydrogens is 447 g/mol. The van der Waals surface area contributed by atoms with E-state index in [2.05, 4.69) is 5.32 Å². The molecule has 1 fully saturated rings. The average molecular weight is 483 g/mol. The van der Waals surface area contributed by atoms with Gasteiger partial charge in [-0.3, -0.25) is 9.59 Å². The molecule has 0 unspecified atom stereocenters. The normalized spacial score (nSPS) is 20.4. The number of fused-ring (bicyclic) bond motifs is 1. The smallest absolute Gasteiger partial charge is 0.260 e. The van der Waals surface area contributed by atoms with E-state index in [1.165, 1.54) is 12.1 Å². The van der Waals surface area contributed by atoms with Gasteiger partial charge >= 0.3 is 0 Å². The molecular formula is C28H35FN2O4. The van der Waals surface area contributed by atoms with Gasteiger partial charge in [-0.15, -0.1) is 0 Å². The highest BCUT2D eigenvalue weighted by Crippen LogP contribution is 2.38. The molecule has 2 aromatic rings. The quantitative estimate of drug-likeness (QED) is 0.605. The summed E-state index contributed by atoms with van der Waals surface area (Å²) in [5.74, 6) is 0.278. The van der Waals surface area contributed by atoms with Crippen LogP contribution in [-0.2, 0) is 20.7 Å². The zero-order chi connectivity index (χ0) is 24.9. The highest BCUT2D eigenvalue weighted by atomic mass is 19.1. The number of rotatable bonds is 8. The molecule has 2 aliphatic heterocycles. The lowest BCUT2D eigenvalue weighted by Crippen LogP contribution is -2.41. The zero-order valence-electron chi connectivity index (χ0n) is 20.8. The predicted octanol–water partition coefficient (Wildman–Crippen LogP) is 4.41. The van der Waals surface area contributed by atoms with Crippen molar-refractivity contribution in [3.8, 4) is 5.75 Å². The Morgan fingerprint density at radius 3 is 2.74 bits per heavy atom. The minimum absolute atomic E-state index is 0.0492. The van der Waals surface area contributed by atoms with Crippen LogP contribution in [0.4, 0.5) is 4.39 Å². The number of halogens is 1. The summed E-state index contributed by atoms with van der Waals surface area (Å²) >= 11 is 0. The minimum Gasteiger partial charge on any atom is -0.481 e. The van der Waals surface area contributed by atoms with Gasteiger partial charge in [0.25, 0.3) is 5.91 Å². The van der Waals surface area contributed by atoms with E-state index in [-0.39, 0.29) is 29.7 Å². The molecule has 0 radical (unpaired) electrons. The summed E-state index contributed by atoms with van der Waals surface area (Å²) in [6.45, 7) is 7.54. The van der Waals surface area contributed by atoms with Gasteiger partial charge in [-0.05, 0) is 73.1 Å². The van der Waals surface area contributed by atoms with E-state index in [1.54, 1.807) is 13.0 Å². The van der Waals surface area contributed by atoms with Crippen molar-refractivity contribution in [3.05, 3.63) is 65.0 Å². The molecule has 0 aliphatic carbocycles. The van der Waals surface area contributed by atoms with Crippen molar-refractivity contribution in [1.29, 1.82) is 0 Å². The van der Waals surface area contributed by atoms with Gasteiger partial charge in [-0.2, -0.15) is 0 Å². The molecule has 2 amide bonds. The van der Waals surface area contributed by atoms with Crippen LogP contribution >= 0.6 is 0 Å². The van der Waals surface area contributed by atoms with Crippen LogP contribution in [0.5, 0.6) is 5.75 Å². The van der Waals surface area contributed by atoms with Crippen LogP contribution in [0.25, 0.3) is 0 Å². The molecule has 0 saturated carbocycles. The summed E-state index contributed by atoms with van der Waals surface area (Å²) < 4.78 is 25.7. The van der Waals surface area contributed by atoms with Crippen molar-refractivity contribution in [3.63, 3.8) is 0 Å². The van der Waals surface area contributed by atoms with Crippen molar-refractivity contribution in [2.45, 2.75) is 64.7 Å². The maximum atomic E-state index is 14.2. The molecule has 7 heteroatoms. The van der Waals surface area contributed by atoms with E-state index in [4.69, 9.17) is 9.47 Å². The number of ether oxygens (including phenoxy) is 2. The molecule has 2 aliphatic rings. The fraction of sp³-hybridized carbons (Fsp3) is 0.500. The number of carbonyl (C=O) groups is 2. The van der Waals surface area contributed by atoms with Crippen LogP contribution in [0.2, 0.25) is 0 Å². The summed E-state index contributed by atoms with van der Waals surface area (Å²) in [6, 6.07) is 11.7. The molecule has 1 saturated heterocycles. The van der Waals surface area contributed by atoms with Crippen LogP contribution in [0.3, 0.4) is 0 Å².